The summed E-state index contributed by atoms with van der Waals surface area (Å²) in [6, 6.07) is 0. The number of carbonyl (C=O) groups is 2. The molecule has 2 unspecified atom stereocenters. The molecule has 0 N–H and O–H groups in total. The van der Waals surface area contributed by atoms with Gasteiger partial charge in [-0.25, -0.2) is 0 Å². The van der Waals surface area contributed by atoms with Crippen molar-refractivity contribution in [2.45, 2.75) is 197 Å². The van der Waals surface area contributed by atoms with E-state index in [0.29, 0.717) is 61.6 Å². The largest absolute Gasteiger partial charge is 0.465 e. The topological polar surface area (TPSA) is 55.8 Å². The van der Waals surface area contributed by atoms with Gasteiger partial charge in [-0.15, -0.1) is 0 Å². The van der Waals surface area contributed by atoms with E-state index < -0.39 is 0 Å². The van der Waals surface area contributed by atoms with E-state index in [2.05, 4.69) is 74.4 Å². The van der Waals surface area contributed by atoms with Crippen LogP contribution < -0.4 is 0 Å². The summed E-state index contributed by atoms with van der Waals surface area (Å²) >= 11 is 0. The highest BCUT2D eigenvalue weighted by Gasteiger charge is 2.18. The summed E-state index contributed by atoms with van der Waals surface area (Å²) in [5.41, 5.74) is 0. The van der Waals surface area contributed by atoms with Crippen molar-refractivity contribution in [2.24, 2.45) is 41.4 Å². The van der Waals surface area contributed by atoms with Crippen LogP contribution in [0.4, 0.5) is 0 Å². The standard InChI is InChI=1S/C44H87NO4/c1-36(2)29-31-41(38(5)6)34-48-43(46)27-23-19-15-11-13-17-21-25-40(33-45(9)10)26-22-18-14-12-16-20-24-28-44(47)49-35-42(39(7)8)32-30-37(3)4/h36-42H,11-35H2,1-10H3. The molecule has 0 saturated heterocycles. The van der Waals surface area contributed by atoms with Gasteiger partial charge in [0.1, 0.15) is 0 Å². The maximum Gasteiger partial charge on any atom is 0.305 e. The second-order valence-electron chi connectivity index (χ2n) is 17.5. The van der Waals surface area contributed by atoms with Crippen molar-refractivity contribution in [1.29, 1.82) is 0 Å². The first-order valence-electron chi connectivity index (χ1n) is 21.3. The molecular formula is C44H87NO4. The molecule has 0 aliphatic carbocycles. The van der Waals surface area contributed by atoms with Crippen molar-refractivity contribution >= 4 is 11.9 Å². The first kappa shape index (κ1) is 47.9. The summed E-state index contributed by atoms with van der Waals surface area (Å²) in [7, 11) is 4.42. The van der Waals surface area contributed by atoms with Crippen molar-refractivity contribution in [1.82, 2.24) is 4.90 Å². The lowest BCUT2D eigenvalue weighted by Crippen LogP contribution is -2.21. The van der Waals surface area contributed by atoms with Crippen LogP contribution in [0.15, 0.2) is 0 Å². The van der Waals surface area contributed by atoms with Crippen molar-refractivity contribution in [3.05, 3.63) is 0 Å². The van der Waals surface area contributed by atoms with Gasteiger partial charge < -0.3 is 14.4 Å². The predicted molar refractivity (Wildman–Crippen MR) is 212 cm³/mol. The number of hydrogen-bond donors (Lipinski definition) is 0. The zero-order chi connectivity index (χ0) is 36.9. The van der Waals surface area contributed by atoms with Crippen LogP contribution in [0.25, 0.3) is 0 Å². The smallest absolute Gasteiger partial charge is 0.305 e. The van der Waals surface area contributed by atoms with Crippen LogP contribution in [0.1, 0.15) is 197 Å². The molecule has 0 heterocycles. The first-order valence-corrected chi connectivity index (χ1v) is 21.3. The molecule has 0 bridgehead atoms. The monoisotopic (exact) mass is 694 g/mol. The summed E-state index contributed by atoms with van der Waals surface area (Å²) in [4.78, 5) is 26.9. The van der Waals surface area contributed by atoms with Crippen LogP contribution in [0.3, 0.4) is 0 Å². The molecular weight excluding hydrogens is 606 g/mol. The zero-order valence-corrected chi connectivity index (χ0v) is 34.8. The third kappa shape index (κ3) is 31.4. The number of nitrogens with zero attached hydrogens (tertiary/aromatic N) is 1. The number of carbonyl (C=O) groups excluding carboxylic acids is 2. The lowest BCUT2D eigenvalue weighted by Gasteiger charge is -2.21. The van der Waals surface area contributed by atoms with Gasteiger partial charge in [-0.1, -0.05) is 145 Å². The number of hydrogen-bond acceptors (Lipinski definition) is 5. The molecule has 49 heavy (non-hydrogen) atoms. The summed E-state index contributed by atoms with van der Waals surface area (Å²) in [5, 5.41) is 0. The Kier molecular flexibility index (Phi) is 30.9. The summed E-state index contributed by atoms with van der Waals surface area (Å²) in [5.74, 6) is 4.33. The zero-order valence-electron chi connectivity index (χ0n) is 34.8. The Morgan fingerprint density at radius 3 is 1.08 bits per heavy atom. The van der Waals surface area contributed by atoms with Crippen LogP contribution in [0, 0.1) is 41.4 Å². The molecule has 0 aliphatic rings. The van der Waals surface area contributed by atoms with Gasteiger partial charge in [-0.3, -0.25) is 9.59 Å². The molecule has 0 aromatic carbocycles. The van der Waals surface area contributed by atoms with Crippen LogP contribution >= 0.6 is 0 Å². The van der Waals surface area contributed by atoms with E-state index in [1.54, 1.807) is 0 Å². The van der Waals surface area contributed by atoms with E-state index in [1.807, 2.05) is 0 Å². The van der Waals surface area contributed by atoms with Crippen LogP contribution in [0.5, 0.6) is 0 Å². The van der Waals surface area contributed by atoms with Gasteiger partial charge >= 0.3 is 11.9 Å². The molecule has 0 rings (SSSR count). The molecule has 0 radical (unpaired) electrons. The Morgan fingerprint density at radius 2 is 0.776 bits per heavy atom. The van der Waals surface area contributed by atoms with Crippen molar-refractivity contribution in [3.63, 3.8) is 0 Å². The quantitative estimate of drug-likeness (QED) is 0.0496. The van der Waals surface area contributed by atoms with E-state index in [9.17, 15) is 9.59 Å². The fourth-order valence-electron chi connectivity index (χ4n) is 6.87. The lowest BCUT2D eigenvalue weighted by molar-refractivity contribution is -0.146. The van der Waals surface area contributed by atoms with E-state index in [-0.39, 0.29) is 11.9 Å². The Bertz CT molecular complexity index is 704. The molecule has 0 aromatic rings. The second-order valence-corrected chi connectivity index (χ2v) is 17.5. The number of unbranched alkanes of at least 4 members (excludes halogenated alkanes) is 12. The molecule has 0 fully saturated rings. The molecule has 0 aromatic heterocycles. The average molecular weight is 694 g/mol. The molecule has 0 saturated carbocycles. The Balaban J connectivity index is 3.87. The Labute approximate surface area is 307 Å². The Morgan fingerprint density at radius 1 is 0.449 bits per heavy atom. The SMILES string of the molecule is CC(C)CCC(COC(=O)CCCCCCCCCC(CCCCCCCCCC(=O)OCC(CCC(C)C)C(C)C)CN(C)C)C(C)C. The Hall–Kier alpha value is -1.10. The summed E-state index contributed by atoms with van der Waals surface area (Å²) < 4.78 is 11.3. The van der Waals surface area contributed by atoms with E-state index in [4.69, 9.17) is 9.47 Å². The van der Waals surface area contributed by atoms with Crippen molar-refractivity contribution in [2.75, 3.05) is 33.9 Å². The maximum atomic E-state index is 12.2. The third-order valence-corrected chi connectivity index (χ3v) is 10.6. The molecule has 292 valence electrons. The minimum Gasteiger partial charge on any atom is -0.465 e. The van der Waals surface area contributed by atoms with Gasteiger partial charge in [0.2, 0.25) is 0 Å². The van der Waals surface area contributed by atoms with Crippen LogP contribution in [-0.2, 0) is 19.1 Å². The summed E-state index contributed by atoms with van der Waals surface area (Å²) in [6.45, 7) is 20.4. The third-order valence-electron chi connectivity index (χ3n) is 10.6. The number of ether oxygens (including phenoxy) is 2. The van der Waals surface area contributed by atoms with E-state index in [1.165, 1.54) is 96.4 Å². The molecule has 0 aliphatic heterocycles. The van der Waals surface area contributed by atoms with Crippen LogP contribution in [-0.4, -0.2) is 50.7 Å². The first-order chi connectivity index (χ1) is 23.3. The van der Waals surface area contributed by atoms with Crippen molar-refractivity contribution < 1.29 is 19.1 Å². The second kappa shape index (κ2) is 31.6. The van der Waals surface area contributed by atoms with Crippen molar-refractivity contribution in [3.8, 4) is 0 Å². The number of rotatable bonds is 34. The minimum atomic E-state index is -0.000876. The van der Waals surface area contributed by atoms with Gasteiger partial charge in [-0.2, -0.15) is 0 Å². The van der Waals surface area contributed by atoms with Gasteiger partial charge in [0.05, 0.1) is 13.2 Å². The van der Waals surface area contributed by atoms with Gasteiger partial charge in [-0.05, 0) is 94.0 Å². The minimum absolute atomic E-state index is 0.000876. The number of esters is 2. The maximum absolute atomic E-state index is 12.2. The molecule has 0 spiro atoms. The highest BCUT2D eigenvalue weighted by Crippen LogP contribution is 2.23. The van der Waals surface area contributed by atoms with Crippen LogP contribution in [0.2, 0.25) is 0 Å². The highest BCUT2D eigenvalue weighted by molar-refractivity contribution is 5.69. The molecule has 0 amide bonds. The van der Waals surface area contributed by atoms with E-state index >= 15 is 0 Å². The molecule has 5 heteroatoms. The fourth-order valence-corrected chi connectivity index (χ4v) is 6.87. The van der Waals surface area contributed by atoms with Gasteiger partial charge in [0.25, 0.3) is 0 Å². The average Bonchev–Trinajstić information content (AvgIpc) is 3.01. The molecule has 5 nitrogen and oxygen atoms in total. The highest BCUT2D eigenvalue weighted by atomic mass is 16.5. The van der Waals surface area contributed by atoms with Gasteiger partial charge in [0.15, 0.2) is 0 Å². The van der Waals surface area contributed by atoms with E-state index in [0.717, 1.165) is 44.4 Å². The molecule has 2 atom stereocenters. The summed E-state index contributed by atoms with van der Waals surface area (Å²) in [6.07, 6.45) is 25.8. The van der Waals surface area contributed by atoms with Gasteiger partial charge in [0, 0.05) is 19.4 Å². The fraction of sp³-hybridized carbons (Fsp3) is 0.955. The predicted octanol–water partition coefficient (Wildman–Crippen LogP) is 12.7. The lowest BCUT2D eigenvalue weighted by atomic mass is 9.89. The normalized spacial score (nSPS) is 13.9.